The van der Waals surface area contributed by atoms with Gasteiger partial charge in [-0.15, -0.1) is 0 Å². The van der Waals surface area contributed by atoms with Gasteiger partial charge < -0.3 is 14.9 Å². The highest BCUT2D eigenvalue weighted by atomic mass is 16.3. The van der Waals surface area contributed by atoms with E-state index in [1.165, 1.54) is 4.90 Å². The first-order valence-electron chi connectivity index (χ1n) is 7.76. The van der Waals surface area contributed by atoms with Crippen LogP contribution in [-0.4, -0.2) is 75.9 Å². The molecule has 1 saturated heterocycles. The van der Waals surface area contributed by atoms with E-state index in [0.717, 1.165) is 5.56 Å². The fourth-order valence-corrected chi connectivity index (χ4v) is 2.72. The number of aliphatic imine (C=N–C) groups is 1. The molecule has 25 heavy (non-hydrogen) atoms. The van der Waals surface area contributed by atoms with Crippen LogP contribution in [0.2, 0.25) is 0 Å². The number of amides is 3. The first-order valence-corrected chi connectivity index (χ1v) is 7.76. The Morgan fingerprint density at radius 1 is 1.44 bits per heavy atom. The summed E-state index contributed by atoms with van der Waals surface area (Å²) in [4.78, 5) is 35.3. The number of urea groups is 1. The molecule has 0 radical (unpaired) electrons. The number of aliphatic hydroxyl groups excluding tert-OH is 1. The fourth-order valence-electron chi connectivity index (χ4n) is 2.72. The van der Waals surface area contributed by atoms with E-state index in [4.69, 9.17) is 0 Å². The second-order valence-electron chi connectivity index (χ2n) is 5.87. The normalized spacial score (nSPS) is 24.2. The molecule has 3 heterocycles. The highest BCUT2D eigenvalue weighted by Gasteiger charge is 2.48. The Hall–Kier alpha value is -3.01. The predicted octanol–water partition coefficient (Wildman–Crippen LogP) is -1.07. The summed E-state index contributed by atoms with van der Waals surface area (Å²) in [6.45, 7) is 1.79. The number of rotatable bonds is 4. The van der Waals surface area contributed by atoms with E-state index in [1.807, 2.05) is 0 Å². The van der Waals surface area contributed by atoms with Crippen LogP contribution in [0.5, 0.6) is 0 Å². The smallest absolute Gasteiger partial charge is 0.325 e. The average molecular weight is 345 g/mol. The molecule has 132 valence electrons. The number of hydrogen-bond acceptors (Lipinski definition) is 8. The molecule has 3 atom stereocenters. The lowest BCUT2D eigenvalue weighted by Gasteiger charge is -2.36. The van der Waals surface area contributed by atoms with Gasteiger partial charge in [-0.3, -0.25) is 15.1 Å². The average Bonchev–Trinajstić information content (AvgIpc) is 2.92. The summed E-state index contributed by atoms with van der Waals surface area (Å²) in [6, 6.07) is 2.36. The Bertz CT molecular complexity index is 719. The van der Waals surface area contributed by atoms with Crippen molar-refractivity contribution in [1.82, 2.24) is 25.5 Å². The largest absolute Gasteiger partial charge is 0.392 e. The Balaban J connectivity index is 1.81. The van der Waals surface area contributed by atoms with Crippen LogP contribution in [0.15, 0.2) is 34.6 Å². The molecule has 3 unspecified atom stereocenters. The molecule has 2 aliphatic heterocycles. The van der Waals surface area contributed by atoms with E-state index in [2.05, 4.69) is 25.8 Å². The zero-order chi connectivity index (χ0) is 18.0. The van der Waals surface area contributed by atoms with Gasteiger partial charge in [0, 0.05) is 26.0 Å². The van der Waals surface area contributed by atoms with Crippen molar-refractivity contribution in [2.45, 2.75) is 25.2 Å². The highest BCUT2D eigenvalue weighted by Crippen LogP contribution is 2.23. The SMILES string of the molecule is CC(O)CN1C(N/N=C/c2ccncc2)=NC2C1C(=O)NC(=O)N2C. The summed E-state index contributed by atoms with van der Waals surface area (Å²) in [7, 11) is 1.56. The van der Waals surface area contributed by atoms with Gasteiger partial charge in [-0.25, -0.2) is 15.2 Å². The van der Waals surface area contributed by atoms with Gasteiger partial charge in [0.2, 0.25) is 5.96 Å². The number of hydrazone groups is 1. The molecule has 0 bridgehead atoms. The molecule has 1 aromatic heterocycles. The maximum absolute atomic E-state index is 12.2. The van der Waals surface area contributed by atoms with Gasteiger partial charge in [0.05, 0.1) is 12.3 Å². The van der Waals surface area contributed by atoms with E-state index in [1.54, 1.807) is 49.6 Å². The zero-order valence-electron chi connectivity index (χ0n) is 13.8. The Kier molecular flexibility index (Phi) is 4.61. The monoisotopic (exact) mass is 345 g/mol. The lowest BCUT2D eigenvalue weighted by Crippen LogP contribution is -2.64. The molecule has 3 N–H and O–H groups in total. The second kappa shape index (κ2) is 6.85. The lowest BCUT2D eigenvalue weighted by molar-refractivity contribution is -0.127. The fraction of sp³-hybridized carbons (Fsp3) is 0.400. The molecular formula is C15H19N7O3. The van der Waals surface area contributed by atoms with Crippen molar-refractivity contribution in [3.8, 4) is 0 Å². The Morgan fingerprint density at radius 2 is 2.16 bits per heavy atom. The number of nitrogens with one attached hydrogen (secondary N) is 2. The maximum Gasteiger partial charge on any atom is 0.325 e. The molecule has 2 aliphatic rings. The third-order valence-corrected chi connectivity index (χ3v) is 3.91. The Labute approximate surface area is 144 Å². The second-order valence-corrected chi connectivity index (χ2v) is 5.87. The predicted molar refractivity (Wildman–Crippen MR) is 89.7 cm³/mol. The molecule has 0 aliphatic carbocycles. The van der Waals surface area contributed by atoms with Crippen molar-refractivity contribution in [2.75, 3.05) is 13.6 Å². The van der Waals surface area contributed by atoms with Crippen molar-refractivity contribution < 1.29 is 14.7 Å². The molecule has 10 heteroatoms. The van der Waals surface area contributed by atoms with Crippen LogP contribution >= 0.6 is 0 Å². The highest BCUT2D eigenvalue weighted by molar-refractivity contribution is 6.03. The summed E-state index contributed by atoms with van der Waals surface area (Å²) in [5.74, 6) is -0.134. The molecule has 3 amide bonds. The molecule has 3 rings (SSSR count). The van der Waals surface area contributed by atoms with E-state index >= 15 is 0 Å². The van der Waals surface area contributed by atoms with Crippen LogP contribution in [0, 0.1) is 0 Å². The minimum atomic E-state index is -0.712. The standard InChI is InChI=1S/C15H19N7O3/c1-9(23)8-22-11-12(21(2)15(25)19-13(11)24)18-14(22)20-17-7-10-3-5-16-6-4-10/h3-7,9,11-12,23H,8H2,1-2H3,(H,18,20)(H,19,24,25)/b17-7+. The van der Waals surface area contributed by atoms with E-state index in [9.17, 15) is 14.7 Å². The lowest BCUT2D eigenvalue weighted by atomic mass is 10.1. The van der Waals surface area contributed by atoms with Crippen molar-refractivity contribution in [3.63, 3.8) is 0 Å². The van der Waals surface area contributed by atoms with Gasteiger partial charge in [-0.1, -0.05) is 0 Å². The van der Waals surface area contributed by atoms with Crippen molar-refractivity contribution in [1.29, 1.82) is 0 Å². The van der Waals surface area contributed by atoms with E-state index < -0.39 is 30.2 Å². The summed E-state index contributed by atoms with van der Waals surface area (Å²) in [6.07, 6.45) is 3.52. The first kappa shape index (κ1) is 16.8. The van der Waals surface area contributed by atoms with Crippen LogP contribution in [0.25, 0.3) is 0 Å². The van der Waals surface area contributed by atoms with Gasteiger partial charge in [0.15, 0.2) is 12.2 Å². The number of likely N-dealkylation sites (N-methyl/N-ethyl adjacent to an activating group) is 1. The van der Waals surface area contributed by atoms with Crippen molar-refractivity contribution in [3.05, 3.63) is 30.1 Å². The maximum atomic E-state index is 12.2. The number of aliphatic hydroxyl groups is 1. The van der Waals surface area contributed by atoms with Crippen molar-refractivity contribution in [2.24, 2.45) is 10.1 Å². The zero-order valence-corrected chi connectivity index (χ0v) is 13.8. The van der Waals surface area contributed by atoms with Crippen LogP contribution in [0.4, 0.5) is 4.79 Å². The summed E-state index contributed by atoms with van der Waals surface area (Å²) >= 11 is 0. The van der Waals surface area contributed by atoms with Crippen LogP contribution in [0.1, 0.15) is 12.5 Å². The van der Waals surface area contributed by atoms with Gasteiger partial charge in [-0.2, -0.15) is 5.10 Å². The molecule has 1 aromatic rings. The van der Waals surface area contributed by atoms with E-state index in [0.29, 0.717) is 5.96 Å². The number of aromatic nitrogens is 1. The molecule has 0 aromatic carbocycles. The number of β-amino-alcohol motifs (C(OH)–C–C–N with tert-alkyl or cyclic N) is 1. The number of pyridine rings is 1. The first-order chi connectivity index (χ1) is 12.0. The topological polar surface area (TPSA) is 123 Å². The number of hydrogen-bond donors (Lipinski definition) is 3. The summed E-state index contributed by atoms with van der Waals surface area (Å²) < 4.78 is 0. The summed E-state index contributed by atoms with van der Waals surface area (Å²) in [5, 5.41) is 16.1. The van der Waals surface area contributed by atoms with Crippen LogP contribution < -0.4 is 10.7 Å². The van der Waals surface area contributed by atoms with Gasteiger partial charge >= 0.3 is 6.03 Å². The minimum Gasteiger partial charge on any atom is -0.392 e. The molecule has 0 spiro atoms. The molecule has 1 fully saturated rings. The third-order valence-electron chi connectivity index (χ3n) is 3.91. The number of imide groups is 1. The summed E-state index contributed by atoms with van der Waals surface area (Å²) in [5.41, 5.74) is 3.63. The Morgan fingerprint density at radius 3 is 2.84 bits per heavy atom. The van der Waals surface area contributed by atoms with Gasteiger partial charge in [0.1, 0.15) is 0 Å². The molecular weight excluding hydrogens is 326 g/mol. The van der Waals surface area contributed by atoms with Crippen LogP contribution in [-0.2, 0) is 4.79 Å². The number of carbonyl (C=O) groups is 2. The quantitative estimate of drug-likeness (QED) is 0.472. The van der Waals surface area contributed by atoms with Gasteiger partial charge in [0.25, 0.3) is 5.91 Å². The van der Waals surface area contributed by atoms with Gasteiger partial charge in [-0.05, 0) is 24.6 Å². The third kappa shape index (κ3) is 3.43. The molecule has 0 saturated carbocycles. The van der Waals surface area contributed by atoms with Crippen molar-refractivity contribution >= 4 is 24.1 Å². The minimum absolute atomic E-state index is 0.174. The number of fused-ring (bicyclic) bond motifs is 1. The number of guanidine groups is 1. The molecule has 10 nitrogen and oxygen atoms in total. The van der Waals surface area contributed by atoms with Crippen LogP contribution in [0.3, 0.4) is 0 Å². The number of carbonyl (C=O) groups excluding carboxylic acids is 2. The number of nitrogens with zero attached hydrogens (tertiary/aromatic N) is 5. The van der Waals surface area contributed by atoms with E-state index in [-0.39, 0.29) is 6.54 Å².